The Labute approximate surface area is 112 Å². The van der Waals surface area contributed by atoms with E-state index in [1.54, 1.807) is 12.1 Å². The van der Waals surface area contributed by atoms with E-state index in [9.17, 15) is 4.79 Å². The van der Waals surface area contributed by atoms with Crippen molar-refractivity contribution >= 4 is 11.7 Å². The van der Waals surface area contributed by atoms with Crippen LogP contribution in [0.15, 0.2) is 12.1 Å². The van der Waals surface area contributed by atoms with E-state index in [2.05, 4.69) is 15.7 Å². The molecule has 0 aliphatic carbocycles. The Bertz CT molecular complexity index is 422. The van der Waals surface area contributed by atoms with Crippen LogP contribution in [0.3, 0.4) is 0 Å². The molecular weight excluding hydrogens is 244 g/mol. The monoisotopic (exact) mass is 264 g/mol. The molecule has 104 valence electrons. The Morgan fingerprint density at radius 3 is 3.05 bits per heavy atom. The number of hydrogen-bond acceptors (Lipinski definition) is 5. The summed E-state index contributed by atoms with van der Waals surface area (Å²) in [6.07, 6.45) is 2.97. The van der Waals surface area contributed by atoms with Crippen LogP contribution >= 0.6 is 0 Å². The first-order valence-electron chi connectivity index (χ1n) is 6.60. The maximum absolute atomic E-state index is 12.1. The van der Waals surface area contributed by atoms with Gasteiger partial charge in [-0.05, 0) is 31.4 Å². The smallest absolute Gasteiger partial charge is 0.251 e. The molecule has 0 saturated carbocycles. The van der Waals surface area contributed by atoms with Crippen LogP contribution in [0.5, 0.6) is 0 Å². The summed E-state index contributed by atoms with van der Waals surface area (Å²) in [7, 11) is 0. The maximum Gasteiger partial charge on any atom is 0.251 e. The zero-order valence-electron chi connectivity index (χ0n) is 11.1. The van der Waals surface area contributed by atoms with Gasteiger partial charge in [0.1, 0.15) is 5.82 Å². The van der Waals surface area contributed by atoms with Gasteiger partial charge in [0.05, 0.1) is 6.10 Å². The number of anilines is 1. The predicted molar refractivity (Wildman–Crippen MR) is 72.7 cm³/mol. The van der Waals surface area contributed by atoms with Gasteiger partial charge in [-0.15, -0.1) is 0 Å². The molecule has 0 spiro atoms. The second kappa shape index (κ2) is 6.49. The quantitative estimate of drug-likeness (QED) is 0.541. The third kappa shape index (κ3) is 3.65. The van der Waals surface area contributed by atoms with Crippen molar-refractivity contribution in [3.05, 3.63) is 23.4 Å². The molecular formula is C13H20N4O2. The number of aromatic nitrogens is 1. The summed E-state index contributed by atoms with van der Waals surface area (Å²) in [5.74, 6) is 5.73. The molecule has 0 aromatic carbocycles. The van der Waals surface area contributed by atoms with Crippen LogP contribution in [-0.2, 0) is 11.2 Å². The van der Waals surface area contributed by atoms with Gasteiger partial charge < -0.3 is 15.5 Å². The number of nitrogen functional groups attached to an aromatic ring is 1. The van der Waals surface area contributed by atoms with Crippen molar-refractivity contribution in [1.29, 1.82) is 0 Å². The van der Waals surface area contributed by atoms with E-state index < -0.39 is 0 Å². The average molecular weight is 264 g/mol. The Morgan fingerprint density at radius 2 is 2.42 bits per heavy atom. The number of nitrogens with zero attached hydrogens (tertiary/aromatic N) is 1. The summed E-state index contributed by atoms with van der Waals surface area (Å²) in [6.45, 7) is 3.32. The number of pyridine rings is 1. The minimum Gasteiger partial charge on any atom is -0.376 e. The largest absolute Gasteiger partial charge is 0.376 e. The van der Waals surface area contributed by atoms with E-state index in [0.29, 0.717) is 17.9 Å². The number of amides is 1. The van der Waals surface area contributed by atoms with Crippen molar-refractivity contribution in [2.45, 2.75) is 32.3 Å². The van der Waals surface area contributed by atoms with E-state index in [4.69, 9.17) is 10.6 Å². The minimum atomic E-state index is -0.121. The van der Waals surface area contributed by atoms with E-state index in [0.717, 1.165) is 31.6 Å². The van der Waals surface area contributed by atoms with E-state index >= 15 is 0 Å². The van der Waals surface area contributed by atoms with Gasteiger partial charge in [-0.2, -0.15) is 0 Å². The first kappa shape index (κ1) is 13.8. The molecule has 0 bridgehead atoms. The summed E-state index contributed by atoms with van der Waals surface area (Å²) in [4.78, 5) is 16.3. The molecule has 19 heavy (non-hydrogen) atoms. The van der Waals surface area contributed by atoms with Crippen molar-refractivity contribution in [2.75, 3.05) is 18.6 Å². The van der Waals surface area contributed by atoms with Crippen LogP contribution < -0.4 is 16.6 Å². The summed E-state index contributed by atoms with van der Waals surface area (Å²) < 4.78 is 5.47. The van der Waals surface area contributed by atoms with Crippen LogP contribution in [0.2, 0.25) is 0 Å². The molecule has 1 aromatic rings. The number of ether oxygens (including phenoxy) is 1. The summed E-state index contributed by atoms with van der Waals surface area (Å²) >= 11 is 0. The molecule has 2 heterocycles. The van der Waals surface area contributed by atoms with Gasteiger partial charge >= 0.3 is 0 Å². The predicted octanol–water partition coefficient (Wildman–Crippen LogP) is 0.838. The maximum atomic E-state index is 12.1. The third-order valence-electron chi connectivity index (χ3n) is 3.16. The van der Waals surface area contributed by atoms with Crippen molar-refractivity contribution in [1.82, 2.24) is 10.3 Å². The first-order valence-corrected chi connectivity index (χ1v) is 6.60. The van der Waals surface area contributed by atoms with Gasteiger partial charge in [-0.25, -0.2) is 10.8 Å². The molecule has 1 unspecified atom stereocenters. The molecule has 1 atom stereocenters. The normalized spacial score (nSPS) is 18.3. The van der Waals surface area contributed by atoms with E-state index in [-0.39, 0.29) is 12.0 Å². The second-order valence-corrected chi connectivity index (χ2v) is 4.58. The van der Waals surface area contributed by atoms with Crippen LogP contribution in [-0.4, -0.2) is 30.1 Å². The lowest BCUT2D eigenvalue weighted by Crippen LogP contribution is -2.32. The Balaban J connectivity index is 2.00. The third-order valence-corrected chi connectivity index (χ3v) is 3.16. The number of carbonyl (C=O) groups is 1. The number of carbonyl (C=O) groups excluding carboxylic acids is 1. The molecule has 1 aromatic heterocycles. The molecule has 0 radical (unpaired) electrons. The van der Waals surface area contributed by atoms with Gasteiger partial charge in [0.2, 0.25) is 0 Å². The fourth-order valence-electron chi connectivity index (χ4n) is 2.09. The van der Waals surface area contributed by atoms with Gasteiger partial charge in [-0.3, -0.25) is 4.79 Å². The van der Waals surface area contributed by atoms with E-state index in [1.807, 2.05) is 6.92 Å². The summed E-state index contributed by atoms with van der Waals surface area (Å²) in [5.41, 5.74) is 3.88. The summed E-state index contributed by atoms with van der Waals surface area (Å²) in [6, 6.07) is 3.43. The number of nitrogens with two attached hydrogens (primary N) is 1. The lowest BCUT2D eigenvalue weighted by molar-refractivity contribution is 0.0857. The van der Waals surface area contributed by atoms with Gasteiger partial charge in [0, 0.05) is 24.4 Å². The van der Waals surface area contributed by atoms with Crippen LogP contribution in [0.25, 0.3) is 0 Å². The summed E-state index contributed by atoms with van der Waals surface area (Å²) in [5, 5.41) is 2.88. The standard InChI is InChI=1S/C13H20N4O2/c1-2-10-6-9(7-12(16-10)17-14)13(18)15-8-11-4-3-5-19-11/h6-7,11H,2-5,8,14H2,1H3,(H,15,18)(H,16,17). The van der Waals surface area contributed by atoms with Crippen molar-refractivity contribution < 1.29 is 9.53 Å². The van der Waals surface area contributed by atoms with Gasteiger partial charge in [-0.1, -0.05) is 6.92 Å². The van der Waals surface area contributed by atoms with Crippen LogP contribution in [0.1, 0.15) is 35.8 Å². The molecule has 1 aliphatic heterocycles. The van der Waals surface area contributed by atoms with Crippen LogP contribution in [0, 0.1) is 0 Å². The average Bonchev–Trinajstić information content (AvgIpc) is 2.97. The fraction of sp³-hybridized carbons (Fsp3) is 0.538. The number of rotatable bonds is 5. The Kier molecular flexibility index (Phi) is 4.70. The molecule has 4 N–H and O–H groups in total. The lowest BCUT2D eigenvalue weighted by atomic mass is 10.1. The molecule has 1 saturated heterocycles. The van der Waals surface area contributed by atoms with E-state index in [1.165, 1.54) is 0 Å². The number of hydrazine groups is 1. The first-order chi connectivity index (χ1) is 9.22. The van der Waals surface area contributed by atoms with Gasteiger partial charge in [0.15, 0.2) is 0 Å². The van der Waals surface area contributed by atoms with Gasteiger partial charge in [0.25, 0.3) is 5.91 Å². The molecule has 1 amide bonds. The zero-order chi connectivity index (χ0) is 13.7. The number of nitrogens with one attached hydrogen (secondary N) is 2. The zero-order valence-corrected chi connectivity index (χ0v) is 11.1. The molecule has 6 heteroatoms. The molecule has 2 rings (SSSR count). The highest BCUT2D eigenvalue weighted by molar-refractivity contribution is 5.95. The highest BCUT2D eigenvalue weighted by Crippen LogP contribution is 2.12. The highest BCUT2D eigenvalue weighted by atomic mass is 16.5. The van der Waals surface area contributed by atoms with Crippen molar-refractivity contribution in [2.24, 2.45) is 5.84 Å². The number of aryl methyl sites for hydroxylation is 1. The van der Waals surface area contributed by atoms with Crippen molar-refractivity contribution in [3.8, 4) is 0 Å². The minimum absolute atomic E-state index is 0.121. The number of hydrogen-bond donors (Lipinski definition) is 3. The fourth-order valence-corrected chi connectivity index (χ4v) is 2.09. The molecule has 1 aliphatic rings. The Morgan fingerprint density at radius 1 is 1.58 bits per heavy atom. The molecule has 1 fully saturated rings. The Hall–Kier alpha value is -1.66. The van der Waals surface area contributed by atoms with Crippen LogP contribution in [0.4, 0.5) is 5.82 Å². The van der Waals surface area contributed by atoms with Crippen molar-refractivity contribution in [3.63, 3.8) is 0 Å². The highest BCUT2D eigenvalue weighted by Gasteiger charge is 2.17. The SMILES string of the molecule is CCc1cc(C(=O)NCC2CCCO2)cc(NN)n1. The molecule has 6 nitrogen and oxygen atoms in total. The topological polar surface area (TPSA) is 89.3 Å². The second-order valence-electron chi connectivity index (χ2n) is 4.58. The lowest BCUT2D eigenvalue weighted by Gasteiger charge is -2.12.